The molecule has 27 heavy (non-hydrogen) atoms. The predicted molar refractivity (Wildman–Crippen MR) is 107 cm³/mol. The summed E-state index contributed by atoms with van der Waals surface area (Å²) in [4.78, 5) is 24.9. The van der Waals surface area contributed by atoms with Gasteiger partial charge in [-0.25, -0.2) is 0 Å². The molecule has 0 saturated carbocycles. The van der Waals surface area contributed by atoms with E-state index in [0.29, 0.717) is 19.5 Å². The second-order valence-corrected chi connectivity index (χ2v) is 6.97. The van der Waals surface area contributed by atoms with E-state index in [1.165, 1.54) is 0 Å². The van der Waals surface area contributed by atoms with Crippen LogP contribution < -0.4 is 15.4 Å². The monoisotopic (exact) mass is 368 g/mol. The third kappa shape index (κ3) is 6.13. The van der Waals surface area contributed by atoms with Crippen LogP contribution in [-0.2, 0) is 22.4 Å². The molecule has 2 rings (SSSR count). The van der Waals surface area contributed by atoms with Crippen LogP contribution in [0.2, 0.25) is 0 Å². The van der Waals surface area contributed by atoms with Gasteiger partial charge in [-0.2, -0.15) is 0 Å². The predicted octanol–water partition coefficient (Wildman–Crippen LogP) is 2.74. The lowest BCUT2D eigenvalue weighted by Crippen LogP contribution is -2.48. The molecule has 144 valence electrons. The molecule has 2 N–H and O–H groups in total. The first-order chi connectivity index (χ1) is 12.9. The number of ether oxygens (including phenoxy) is 1. The Morgan fingerprint density at radius 2 is 1.41 bits per heavy atom. The van der Waals surface area contributed by atoms with Gasteiger partial charge in [0.15, 0.2) is 0 Å². The zero-order valence-electron chi connectivity index (χ0n) is 16.2. The van der Waals surface area contributed by atoms with Crippen LogP contribution in [0.1, 0.15) is 25.0 Å². The van der Waals surface area contributed by atoms with Crippen molar-refractivity contribution in [2.75, 3.05) is 20.2 Å². The number of hydrogen-bond donors (Lipinski definition) is 2. The summed E-state index contributed by atoms with van der Waals surface area (Å²) in [6.45, 7) is 4.26. The molecular formula is C22H28N2O3. The highest BCUT2D eigenvalue weighted by Crippen LogP contribution is 2.16. The average molecular weight is 368 g/mol. The van der Waals surface area contributed by atoms with Gasteiger partial charge in [0.25, 0.3) is 0 Å². The molecule has 0 aliphatic carbocycles. The largest absolute Gasteiger partial charge is 0.497 e. The minimum Gasteiger partial charge on any atom is -0.497 e. The molecule has 2 amide bonds. The van der Waals surface area contributed by atoms with E-state index in [9.17, 15) is 9.59 Å². The molecule has 2 aromatic rings. The van der Waals surface area contributed by atoms with Gasteiger partial charge in [-0.1, -0.05) is 42.5 Å². The maximum Gasteiger partial charge on any atom is 0.235 e. The second-order valence-electron chi connectivity index (χ2n) is 6.97. The number of rotatable bonds is 9. The molecule has 0 aromatic heterocycles. The van der Waals surface area contributed by atoms with Crippen LogP contribution in [0.15, 0.2) is 54.6 Å². The normalized spacial score (nSPS) is 10.9. The molecule has 0 spiro atoms. The number of benzene rings is 2. The van der Waals surface area contributed by atoms with Crippen molar-refractivity contribution in [3.05, 3.63) is 65.7 Å². The lowest BCUT2D eigenvalue weighted by atomic mass is 9.91. The number of carbonyl (C=O) groups excluding carboxylic acids is 2. The fourth-order valence-corrected chi connectivity index (χ4v) is 2.66. The first-order valence-electron chi connectivity index (χ1n) is 9.17. The van der Waals surface area contributed by atoms with E-state index in [4.69, 9.17) is 4.74 Å². The SMILES string of the molecule is COc1cccc(CCNC(=O)C(C)(C)C(=O)NCCc2ccccc2)c1. The van der Waals surface area contributed by atoms with Gasteiger partial charge in [-0.3, -0.25) is 9.59 Å². The summed E-state index contributed by atoms with van der Waals surface area (Å²) >= 11 is 0. The number of amides is 2. The van der Waals surface area contributed by atoms with E-state index in [-0.39, 0.29) is 11.8 Å². The Kier molecular flexibility index (Phi) is 7.41. The zero-order chi connectivity index (χ0) is 19.7. The molecule has 5 heteroatoms. The molecule has 0 unspecified atom stereocenters. The molecule has 0 fully saturated rings. The highest BCUT2D eigenvalue weighted by atomic mass is 16.5. The fourth-order valence-electron chi connectivity index (χ4n) is 2.66. The van der Waals surface area contributed by atoms with Crippen molar-refractivity contribution >= 4 is 11.8 Å². The maximum absolute atomic E-state index is 12.5. The molecule has 0 radical (unpaired) electrons. The third-order valence-electron chi connectivity index (χ3n) is 4.51. The Bertz CT molecular complexity index is 757. The maximum atomic E-state index is 12.5. The Morgan fingerprint density at radius 3 is 2.00 bits per heavy atom. The van der Waals surface area contributed by atoms with Crippen molar-refractivity contribution in [1.82, 2.24) is 10.6 Å². The van der Waals surface area contributed by atoms with Crippen molar-refractivity contribution < 1.29 is 14.3 Å². The van der Waals surface area contributed by atoms with E-state index in [1.807, 2.05) is 54.6 Å². The van der Waals surface area contributed by atoms with Crippen molar-refractivity contribution in [1.29, 1.82) is 0 Å². The number of hydrogen-bond acceptors (Lipinski definition) is 3. The third-order valence-corrected chi connectivity index (χ3v) is 4.51. The van der Waals surface area contributed by atoms with Gasteiger partial charge in [-0.05, 0) is 49.9 Å². The highest BCUT2D eigenvalue weighted by molar-refractivity contribution is 6.04. The highest BCUT2D eigenvalue weighted by Gasteiger charge is 2.35. The van der Waals surface area contributed by atoms with Crippen LogP contribution >= 0.6 is 0 Å². The first-order valence-corrected chi connectivity index (χ1v) is 9.17. The van der Waals surface area contributed by atoms with E-state index in [2.05, 4.69) is 10.6 Å². The van der Waals surface area contributed by atoms with Crippen molar-refractivity contribution in [3.8, 4) is 5.75 Å². The minimum atomic E-state index is -1.12. The van der Waals surface area contributed by atoms with Crippen molar-refractivity contribution in [3.63, 3.8) is 0 Å². The lowest BCUT2D eigenvalue weighted by Gasteiger charge is -2.22. The van der Waals surface area contributed by atoms with Gasteiger partial charge >= 0.3 is 0 Å². The molecular weight excluding hydrogens is 340 g/mol. The summed E-state index contributed by atoms with van der Waals surface area (Å²) in [5.74, 6) is 0.247. The number of methoxy groups -OCH3 is 1. The molecule has 0 aliphatic heterocycles. The van der Waals surface area contributed by atoms with Crippen LogP contribution in [0.25, 0.3) is 0 Å². The summed E-state index contributed by atoms with van der Waals surface area (Å²) in [5, 5.41) is 5.72. The molecule has 0 aliphatic rings. The average Bonchev–Trinajstić information content (AvgIpc) is 2.68. The fraction of sp³-hybridized carbons (Fsp3) is 0.364. The summed E-state index contributed by atoms with van der Waals surface area (Å²) < 4.78 is 5.20. The number of nitrogens with one attached hydrogen (secondary N) is 2. The van der Waals surface area contributed by atoms with Gasteiger partial charge < -0.3 is 15.4 Å². The van der Waals surface area contributed by atoms with Gasteiger partial charge in [0.05, 0.1) is 7.11 Å². The topological polar surface area (TPSA) is 67.4 Å². The van der Waals surface area contributed by atoms with Crippen molar-refractivity contribution in [2.45, 2.75) is 26.7 Å². The van der Waals surface area contributed by atoms with E-state index < -0.39 is 5.41 Å². The lowest BCUT2D eigenvalue weighted by molar-refractivity contribution is -0.141. The number of carbonyl (C=O) groups is 2. The zero-order valence-corrected chi connectivity index (χ0v) is 16.2. The van der Waals surface area contributed by atoms with Gasteiger partial charge in [0, 0.05) is 13.1 Å². The van der Waals surface area contributed by atoms with Gasteiger partial charge in [-0.15, -0.1) is 0 Å². The Hall–Kier alpha value is -2.82. The summed E-state index contributed by atoms with van der Waals surface area (Å²) in [6, 6.07) is 17.6. The standard InChI is InChI=1S/C22H28N2O3/c1-22(2,20(25)23-14-12-17-8-5-4-6-9-17)21(26)24-15-13-18-10-7-11-19(16-18)27-3/h4-11,16H,12-15H2,1-3H3,(H,23,25)(H,24,26). The molecule has 2 aromatic carbocycles. The molecule has 0 saturated heterocycles. The van der Waals surface area contributed by atoms with Crippen LogP contribution in [0.5, 0.6) is 5.75 Å². The Labute approximate surface area is 161 Å². The molecule has 5 nitrogen and oxygen atoms in total. The van der Waals surface area contributed by atoms with E-state index >= 15 is 0 Å². The minimum absolute atomic E-state index is 0.266. The molecule has 0 heterocycles. The van der Waals surface area contributed by atoms with Crippen LogP contribution in [0.4, 0.5) is 0 Å². The second kappa shape index (κ2) is 9.76. The quantitative estimate of drug-likeness (QED) is 0.669. The van der Waals surface area contributed by atoms with E-state index in [1.54, 1.807) is 21.0 Å². The molecule has 0 bridgehead atoms. The smallest absolute Gasteiger partial charge is 0.235 e. The van der Waals surface area contributed by atoms with Crippen LogP contribution in [0, 0.1) is 5.41 Å². The van der Waals surface area contributed by atoms with Crippen LogP contribution in [-0.4, -0.2) is 32.0 Å². The summed E-state index contributed by atoms with van der Waals surface area (Å²) in [7, 11) is 1.62. The molecule has 0 atom stereocenters. The Morgan fingerprint density at radius 1 is 0.852 bits per heavy atom. The van der Waals surface area contributed by atoms with E-state index in [0.717, 1.165) is 23.3 Å². The Balaban J connectivity index is 1.78. The first kappa shape index (κ1) is 20.5. The van der Waals surface area contributed by atoms with Gasteiger partial charge in [0.2, 0.25) is 11.8 Å². The van der Waals surface area contributed by atoms with Crippen molar-refractivity contribution in [2.24, 2.45) is 5.41 Å². The van der Waals surface area contributed by atoms with Crippen LogP contribution in [0.3, 0.4) is 0 Å². The van der Waals surface area contributed by atoms with Gasteiger partial charge in [0.1, 0.15) is 11.2 Å². The summed E-state index contributed by atoms with van der Waals surface area (Å²) in [6.07, 6.45) is 1.41. The summed E-state index contributed by atoms with van der Waals surface area (Å²) in [5.41, 5.74) is 1.10.